The second kappa shape index (κ2) is 10.3. The number of thiazole rings is 1. The van der Waals surface area contributed by atoms with Crippen LogP contribution in [0.4, 0.5) is 0 Å². The summed E-state index contributed by atoms with van der Waals surface area (Å²) in [6, 6.07) is 57.6. The first-order valence-electron chi connectivity index (χ1n) is 16.5. The van der Waals surface area contributed by atoms with Crippen LogP contribution >= 0.6 is 22.7 Å². The van der Waals surface area contributed by atoms with E-state index in [1.54, 1.807) is 11.3 Å². The van der Waals surface area contributed by atoms with Gasteiger partial charge in [-0.3, -0.25) is 0 Å². The molecule has 228 valence electrons. The van der Waals surface area contributed by atoms with Gasteiger partial charge >= 0.3 is 0 Å². The molecule has 49 heavy (non-hydrogen) atoms. The summed E-state index contributed by atoms with van der Waals surface area (Å²) >= 11 is 3.63. The molecule has 0 aliphatic heterocycles. The van der Waals surface area contributed by atoms with Crippen LogP contribution < -0.4 is 0 Å². The van der Waals surface area contributed by atoms with E-state index in [4.69, 9.17) is 4.98 Å². The van der Waals surface area contributed by atoms with E-state index in [0.29, 0.717) is 0 Å². The van der Waals surface area contributed by atoms with Crippen molar-refractivity contribution in [2.45, 2.75) is 0 Å². The fourth-order valence-electron chi connectivity index (χ4n) is 7.69. The van der Waals surface area contributed by atoms with Gasteiger partial charge in [-0.25, -0.2) is 4.98 Å². The molecule has 4 heteroatoms. The molecule has 0 bridgehead atoms. The molecule has 0 unspecified atom stereocenters. The molecule has 2 nitrogen and oxygen atoms in total. The first kappa shape index (κ1) is 27.2. The molecule has 0 radical (unpaired) electrons. The Morgan fingerprint density at radius 2 is 1.12 bits per heavy atom. The van der Waals surface area contributed by atoms with Crippen molar-refractivity contribution in [1.29, 1.82) is 0 Å². The van der Waals surface area contributed by atoms with Crippen LogP contribution in [-0.2, 0) is 0 Å². The zero-order chi connectivity index (χ0) is 32.1. The molecule has 0 atom stereocenters. The van der Waals surface area contributed by atoms with Gasteiger partial charge in [0.05, 0.1) is 21.3 Å². The number of hydrogen-bond donors (Lipinski definition) is 0. The van der Waals surface area contributed by atoms with Crippen LogP contribution in [0.5, 0.6) is 0 Å². The zero-order valence-electron chi connectivity index (χ0n) is 26.2. The van der Waals surface area contributed by atoms with Gasteiger partial charge in [-0.05, 0) is 99.4 Å². The minimum atomic E-state index is 1.05. The van der Waals surface area contributed by atoms with Crippen LogP contribution in [0.2, 0.25) is 0 Å². The Morgan fingerprint density at radius 3 is 1.98 bits per heavy atom. The lowest BCUT2D eigenvalue weighted by Gasteiger charge is -2.09. The summed E-state index contributed by atoms with van der Waals surface area (Å²) in [5, 5.41) is 11.2. The van der Waals surface area contributed by atoms with E-state index in [1.807, 2.05) is 11.3 Å². The summed E-state index contributed by atoms with van der Waals surface area (Å²) in [6.07, 6.45) is 0. The quantitative estimate of drug-likeness (QED) is 0.185. The average molecular weight is 659 g/mol. The second-order valence-corrected chi connectivity index (χ2v) is 14.9. The third-order valence-electron chi connectivity index (χ3n) is 9.99. The van der Waals surface area contributed by atoms with Gasteiger partial charge in [-0.2, -0.15) is 0 Å². The van der Waals surface area contributed by atoms with Gasteiger partial charge in [0.1, 0.15) is 5.01 Å². The standard InChI is InChI=1S/C45H26N2S2/c1-2-8-27(9-3-1)32-17-21-39-36(25-32)43-40(48-39)22-23-41-44(43)46-45(49-41)29-14-18-33(19-15-29)47-37-20-16-28-10-6-7-13-34(28)42(37)35-24-30-11-4-5-12-31(30)26-38(35)47/h1-26H. The van der Waals surface area contributed by atoms with E-state index in [-0.39, 0.29) is 0 Å². The minimum absolute atomic E-state index is 1.05. The second-order valence-electron chi connectivity index (χ2n) is 12.8. The van der Waals surface area contributed by atoms with Crippen molar-refractivity contribution in [3.63, 3.8) is 0 Å². The van der Waals surface area contributed by atoms with Gasteiger partial charge in [-0.1, -0.05) is 91.0 Å². The van der Waals surface area contributed by atoms with E-state index in [9.17, 15) is 0 Å². The van der Waals surface area contributed by atoms with Crippen molar-refractivity contribution >= 4 is 96.4 Å². The molecule has 0 spiro atoms. The lowest BCUT2D eigenvalue weighted by Crippen LogP contribution is -1.94. The molecule has 0 amide bonds. The lowest BCUT2D eigenvalue weighted by atomic mass is 10.0. The third-order valence-corrected chi connectivity index (χ3v) is 12.2. The number of aromatic nitrogens is 2. The summed E-state index contributed by atoms with van der Waals surface area (Å²) in [7, 11) is 0. The Morgan fingerprint density at radius 1 is 0.408 bits per heavy atom. The van der Waals surface area contributed by atoms with Gasteiger partial charge in [0.25, 0.3) is 0 Å². The van der Waals surface area contributed by atoms with Crippen LogP contribution in [0.25, 0.3) is 101 Å². The van der Waals surface area contributed by atoms with Crippen LogP contribution in [0.1, 0.15) is 0 Å². The van der Waals surface area contributed by atoms with Crippen molar-refractivity contribution in [1.82, 2.24) is 9.55 Å². The Bertz CT molecular complexity index is 3090. The molecule has 11 rings (SSSR count). The third kappa shape index (κ3) is 4.08. The molecule has 3 aromatic heterocycles. The van der Waals surface area contributed by atoms with Crippen molar-refractivity contribution in [3.8, 4) is 27.4 Å². The fraction of sp³-hybridized carbons (Fsp3) is 0. The molecule has 3 heterocycles. The number of nitrogens with zero attached hydrogens (tertiary/aromatic N) is 2. The summed E-state index contributed by atoms with van der Waals surface area (Å²) in [5.41, 5.74) is 8.30. The Kier molecular flexibility index (Phi) is 5.74. The summed E-state index contributed by atoms with van der Waals surface area (Å²) in [5.74, 6) is 0. The van der Waals surface area contributed by atoms with Gasteiger partial charge in [-0.15, -0.1) is 22.7 Å². The van der Waals surface area contributed by atoms with Gasteiger partial charge in [0, 0.05) is 42.2 Å². The van der Waals surface area contributed by atoms with E-state index in [0.717, 1.165) is 21.8 Å². The molecule has 0 N–H and O–H groups in total. The molecule has 0 aliphatic carbocycles. The largest absolute Gasteiger partial charge is 0.309 e. The molecule has 11 aromatic rings. The highest BCUT2D eigenvalue weighted by Crippen LogP contribution is 2.43. The highest BCUT2D eigenvalue weighted by atomic mass is 32.1. The SMILES string of the molecule is c1ccc(-c2ccc3sc4ccc5sc(-c6ccc(-n7c8cc9ccccc9cc8c8c9ccccc9ccc87)cc6)nc5c4c3c2)cc1. The van der Waals surface area contributed by atoms with E-state index < -0.39 is 0 Å². The van der Waals surface area contributed by atoms with Crippen LogP contribution in [0.15, 0.2) is 158 Å². The van der Waals surface area contributed by atoms with Gasteiger partial charge < -0.3 is 4.57 Å². The maximum Gasteiger partial charge on any atom is 0.124 e. The number of fused-ring (bicyclic) bond motifs is 11. The molecular weight excluding hydrogens is 633 g/mol. The Hall–Kier alpha value is -5.81. The highest BCUT2D eigenvalue weighted by molar-refractivity contribution is 7.26. The first-order chi connectivity index (χ1) is 24.3. The molecule has 8 aromatic carbocycles. The number of rotatable bonds is 3. The normalized spacial score (nSPS) is 12.1. The number of hydrogen-bond acceptors (Lipinski definition) is 3. The maximum absolute atomic E-state index is 5.31. The number of thiophene rings is 1. The molecular formula is C45H26N2S2. The van der Waals surface area contributed by atoms with Gasteiger partial charge in [0.15, 0.2) is 0 Å². The van der Waals surface area contributed by atoms with Crippen LogP contribution in [-0.4, -0.2) is 9.55 Å². The fourth-order valence-corrected chi connectivity index (χ4v) is 9.76. The molecule has 0 saturated heterocycles. The molecule has 0 saturated carbocycles. The summed E-state index contributed by atoms with van der Waals surface area (Å²) in [4.78, 5) is 5.31. The number of benzene rings is 8. The van der Waals surface area contributed by atoms with Crippen molar-refractivity contribution < 1.29 is 0 Å². The van der Waals surface area contributed by atoms with E-state index in [1.165, 1.54) is 79.3 Å². The Labute approximate surface area is 289 Å². The Balaban J connectivity index is 1.07. The topological polar surface area (TPSA) is 17.8 Å². The van der Waals surface area contributed by atoms with Gasteiger partial charge in [0.2, 0.25) is 0 Å². The predicted octanol–water partition coefficient (Wildman–Crippen LogP) is 13.4. The first-order valence-corrected chi connectivity index (χ1v) is 18.2. The smallest absolute Gasteiger partial charge is 0.124 e. The predicted molar refractivity (Wildman–Crippen MR) is 213 cm³/mol. The van der Waals surface area contributed by atoms with Crippen LogP contribution in [0, 0.1) is 0 Å². The monoisotopic (exact) mass is 658 g/mol. The lowest BCUT2D eigenvalue weighted by molar-refractivity contribution is 1.18. The maximum atomic E-state index is 5.31. The molecule has 0 fully saturated rings. The van der Waals surface area contributed by atoms with Crippen molar-refractivity contribution in [3.05, 3.63) is 158 Å². The van der Waals surface area contributed by atoms with Crippen molar-refractivity contribution in [2.75, 3.05) is 0 Å². The average Bonchev–Trinajstić information content (AvgIpc) is 3.85. The summed E-state index contributed by atoms with van der Waals surface area (Å²) < 4.78 is 6.23. The van der Waals surface area contributed by atoms with Crippen LogP contribution in [0.3, 0.4) is 0 Å². The molecule has 0 aliphatic rings. The van der Waals surface area contributed by atoms with Crippen molar-refractivity contribution in [2.24, 2.45) is 0 Å². The minimum Gasteiger partial charge on any atom is -0.309 e. The summed E-state index contributed by atoms with van der Waals surface area (Å²) in [6.45, 7) is 0. The highest BCUT2D eigenvalue weighted by Gasteiger charge is 2.18. The van der Waals surface area contributed by atoms with E-state index in [2.05, 4.69) is 162 Å². The van der Waals surface area contributed by atoms with E-state index >= 15 is 0 Å². The zero-order valence-corrected chi connectivity index (χ0v) is 27.9.